The fraction of sp³-hybridized carbons (Fsp3) is 0.250. The van der Waals surface area contributed by atoms with Gasteiger partial charge in [0.1, 0.15) is 22.8 Å². The molecule has 25 heavy (non-hydrogen) atoms. The molecule has 7 nitrogen and oxygen atoms in total. The molecule has 2 aromatic carbocycles. The number of fused-ring (bicyclic) bond motifs is 1. The van der Waals surface area contributed by atoms with Gasteiger partial charge in [-0.3, -0.25) is 0 Å². The van der Waals surface area contributed by atoms with E-state index in [9.17, 15) is 12.8 Å². The first-order chi connectivity index (χ1) is 11.9. The largest absolute Gasteiger partial charge is 0.497 e. The zero-order valence-corrected chi connectivity index (χ0v) is 14.5. The Hall–Kier alpha value is -2.52. The summed E-state index contributed by atoms with van der Waals surface area (Å²) in [5, 5.41) is 8.01. The second-order valence-electron chi connectivity index (χ2n) is 5.37. The zero-order valence-electron chi connectivity index (χ0n) is 13.7. The van der Waals surface area contributed by atoms with E-state index in [1.807, 2.05) is 0 Å². The number of sulfonamides is 1. The van der Waals surface area contributed by atoms with Crippen LogP contribution in [-0.4, -0.2) is 36.3 Å². The maximum atomic E-state index is 14.5. The number of ether oxygens (including phenoxy) is 1. The monoisotopic (exact) mass is 364 g/mol. The van der Waals surface area contributed by atoms with Crippen LogP contribution < -0.4 is 9.46 Å². The lowest BCUT2D eigenvalue weighted by Crippen LogP contribution is -2.24. The molecule has 0 atom stereocenters. The van der Waals surface area contributed by atoms with Gasteiger partial charge in [0.2, 0.25) is 10.0 Å². The van der Waals surface area contributed by atoms with Crippen molar-refractivity contribution in [2.45, 2.75) is 13.5 Å². The Morgan fingerprint density at radius 2 is 2.04 bits per heavy atom. The predicted molar refractivity (Wildman–Crippen MR) is 91.7 cm³/mol. The Bertz CT molecular complexity index is 1020. The first-order valence-corrected chi connectivity index (χ1v) is 9.24. The molecule has 0 bridgehead atoms. The van der Waals surface area contributed by atoms with Gasteiger partial charge in [0.05, 0.1) is 18.4 Å². The number of aromatic nitrogens is 3. The average Bonchev–Trinajstić information content (AvgIpc) is 3.03. The molecule has 1 heterocycles. The molecular formula is C16H17FN4O3S. The van der Waals surface area contributed by atoms with Gasteiger partial charge in [-0.15, -0.1) is 5.10 Å². The van der Waals surface area contributed by atoms with Crippen LogP contribution >= 0.6 is 0 Å². The van der Waals surface area contributed by atoms with Gasteiger partial charge in [0, 0.05) is 12.6 Å². The first-order valence-electron chi connectivity index (χ1n) is 7.59. The lowest BCUT2D eigenvalue weighted by Gasteiger charge is -2.08. The zero-order chi connectivity index (χ0) is 18.0. The van der Waals surface area contributed by atoms with E-state index in [4.69, 9.17) is 4.74 Å². The highest BCUT2D eigenvalue weighted by Crippen LogP contribution is 2.23. The standard InChI is InChI=1S/C16H17FN4O3S/c1-3-25(22,23)18-10-11-4-6-15(13(17)8-11)21-16-7-5-12(24-2)9-14(16)19-20-21/h4-9,18H,3,10H2,1-2H3. The van der Waals surface area contributed by atoms with Gasteiger partial charge in [-0.2, -0.15) is 0 Å². The summed E-state index contributed by atoms with van der Waals surface area (Å²) in [5.74, 6) is 0.0940. The second kappa shape index (κ2) is 6.77. The summed E-state index contributed by atoms with van der Waals surface area (Å²) in [6.07, 6.45) is 0. The molecule has 0 amide bonds. The third-order valence-electron chi connectivity index (χ3n) is 3.77. The molecule has 0 aliphatic heterocycles. The van der Waals surface area contributed by atoms with E-state index in [0.29, 0.717) is 22.3 Å². The van der Waals surface area contributed by atoms with Crippen molar-refractivity contribution < 1.29 is 17.5 Å². The number of hydrogen-bond acceptors (Lipinski definition) is 5. The molecule has 1 aromatic heterocycles. The minimum Gasteiger partial charge on any atom is -0.497 e. The van der Waals surface area contributed by atoms with Crippen LogP contribution in [0.1, 0.15) is 12.5 Å². The molecule has 0 aliphatic rings. The van der Waals surface area contributed by atoms with Crippen molar-refractivity contribution in [3.63, 3.8) is 0 Å². The quantitative estimate of drug-likeness (QED) is 0.723. The van der Waals surface area contributed by atoms with E-state index in [1.165, 1.54) is 17.7 Å². The highest BCUT2D eigenvalue weighted by atomic mass is 32.2. The van der Waals surface area contributed by atoms with Crippen molar-refractivity contribution in [3.05, 3.63) is 47.8 Å². The Morgan fingerprint density at radius 3 is 2.72 bits per heavy atom. The number of benzene rings is 2. The molecule has 0 saturated carbocycles. The van der Waals surface area contributed by atoms with E-state index in [2.05, 4.69) is 15.0 Å². The number of rotatable bonds is 6. The Labute approximate surface area is 144 Å². The number of nitrogens with zero attached hydrogens (tertiary/aromatic N) is 3. The van der Waals surface area contributed by atoms with Crippen LogP contribution in [0.5, 0.6) is 5.75 Å². The molecule has 3 aromatic rings. The van der Waals surface area contributed by atoms with Crippen LogP contribution in [0.3, 0.4) is 0 Å². The van der Waals surface area contributed by atoms with Gasteiger partial charge < -0.3 is 4.74 Å². The molecule has 0 aliphatic carbocycles. The van der Waals surface area contributed by atoms with Gasteiger partial charge in [-0.1, -0.05) is 11.3 Å². The van der Waals surface area contributed by atoms with Gasteiger partial charge in [-0.05, 0) is 36.8 Å². The maximum Gasteiger partial charge on any atom is 0.211 e. The normalized spacial score (nSPS) is 11.8. The summed E-state index contributed by atoms with van der Waals surface area (Å²) in [6, 6.07) is 9.68. The van der Waals surface area contributed by atoms with Crippen LogP contribution in [0, 0.1) is 5.82 Å². The van der Waals surface area contributed by atoms with E-state index in [-0.39, 0.29) is 18.0 Å². The van der Waals surface area contributed by atoms with Crippen molar-refractivity contribution in [3.8, 4) is 11.4 Å². The Kier molecular flexibility index (Phi) is 4.69. The molecule has 0 fully saturated rings. The number of nitrogens with one attached hydrogen (secondary N) is 1. The summed E-state index contributed by atoms with van der Waals surface area (Å²) in [4.78, 5) is 0. The SMILES string of the molecule is CCS(=O)(=O)NCc1ccc(-n2nnc3cc(OC)ccc32)c(F)c1. The van der Waals surface area contributed by atoms with E-state index in [0.717, 1.165) is 0 Å². The van der Waals surface area contributed by atoms with Crippen LogP contribution in [0.2, 0.25) is 0 Å². The molecule has 3 rings (SSSR count). The van der Waals surface area contributed by atoms with Crippen LogP contribution in [-0.2, 0) is 16.6 Å². The van der Waals surface area contributed by atoms with Crippen molar-refractivity contribution in [2.75, 3.05) is 12.9 Å². The second-order valence-corrected chi connectivity index (χ2v) is 7.46. The first kappa shape index (κ1) is 17.3. The number of methoxy groups -OCH3 is 1. The average molecular weight is 364 g/mol. The molecule has 0 saturated heterocycles. The minimum atomic E-state index is -3.33. The van der Waals surface area contributed by atoms with Gasteiger partial charge in [0.15, 0.2) is 0 Å². The lowest BCUT2D eigenvalue weighted by molar-refractivity contribution is 0.415. The third-order valence-corrected chi connectivity index (χ3v) is 5.11. The van der Waals surface area contributed by atoms with Crippen molar-refractivity contribution in [2.24, 2.45) is 0 Å². The predicted octanol–water partition coefficient (Wildman–Crippen LogP) is 2.01. The van der Waals surface area contributed by atoms with Gasteiger partial charge in [0.25, 0.3) is 0 Å². The smallest absolute Gasteiger partial charge is 0.211 e. The van der Waals surface area contributed by atoms with Gasteiger partial charge >= 0.3 is 0 Å². The highest BCUT2D eigenvalue weighted by Gasteiger charge is 2.13. The summed E-state index contributed by atoms with van der Waals surface area (Å²) >= 11 is 0. The topological polar surface area (TPSA) is 86.1 Å². The van der Waals surface area contributed by atoms with Crippen molar-refractivity contribution >= 4 is 21.1 Å². The summed E-state index contributed by atoms with van der Waals surface area (Å²) < 4.78 is 46.4. The molecular weight excluding hydrogens is 347 g/mol. The van der Waals surface area contributed by atoms with Crippen LogP contribution in [0.15, 0.2) is 36.4 Å². The van der Waals surface area contributed by atoms with Crippen molar-refractivity contribution in [1.29, 1.82) is 0 Å². The van der Waals surface area contributed by atoms with E-state index < -0.39 is 15.8 Å². The van der Waals surface area contributed by atoms with Gasteiger partial charge in [-0.25, -0.2) is 22.2 Å². The van der Waals surface area contributed by atoms with E-state index in [1.54, 1.807) is 37.4 Å². The summed E-state index contributed by atoms with van der Waals surface area (Å²) in [5.41, 5.74) is 1.97. The maximum absolute atomic E-state index is 14.5. The van der Waals surface area contributed by atoms with Crippen LogP contribution in [0.4, 0.5) is 4.39 Å². The van der Waals surface area contributed by atoms with Crippen LogP contribution in [0.25, 0.3) is 16.7 Å². The molecule has 132 valence electrons. The Balaban J connectivity index is 1.91. The summed E-state index contributed by atoms with van der Waals surface area (Å²) in [7, 11) is -1.78. The Morgan fingerprint density at radius 1 is 1.24 bits per heavy atom. The fourth-order valence-corrected chi connectivity index (χ4v) is 2.93. The molecule has 9 heteroatoms. The molecule has 0 unspecified atom stereocenters. The number of hydrogen-bond donors (Lipinski definition) is 1. The molecule has 0 radical (unpaired) electrons. The third kappa shape index (κ3) is 3.62. The molecule has 0 spiro atoms. The highest BCUT2D eigenvalue weighted by molar-refractivity contribution is 7.89. The fourth-order valence-electron chi connectivity index (χ4n) is 2.34. The lowest BCUT2D eigenvalue weighted by atomic mass is 10.2. The van der Waals surface area contributed by atoms with Crippen molar-refractivity contribution in [1.82, 2.24) is 19.7 Å². The molecule has 1 N–H and O–H groups in total. The number of halogens is 1. The van der Waals surface area contributed by atoms with E-state index >= 15 is 0 Å². The summed E-state index contributed by atoms with van der Waals surface area (Å²) in [6.45, 7) is 1.57. The minimum absolute atomic E-state index is 0.0258.